The van der Waals surface area contributed by atoms with Crippen LogP contribution in [0.1, 0.15) is 38.7 Å². The monoisotopic (exact) mass is 323 g/mol. The van der Waals surface area contributed by atoms with Crippen molar-refractivity contribution in [1.29, 1.82) is 5.26 Å². The largest absolute Gasteiger partial charge is 0.326 e. The molecule has 6 nitrogen and oxygen atoms in total. The smallest absolute Gasteiger partial charge is 0.224 e. The van der Waals surface area contributed by atoms with Crippen molar-refractivity contribution in [3.05, 3.63) is 29.8 Å². The van der Waals surface area contributed by atoms with Crippen LogP contribution < -0.4 is 10.0 Å². The van der Waals surface area contributed by atoms with Gasteiger partial charge in [0.1, 0.15) is 0 Å². The molecule has 22 heavy (non-hydrogen) atoms. The Kier molecular flexibility index (Phi) is 7.02. The molecule has 0 aliphatic carbocycles. The predicted molar refractivity (Wildman–Crippen MR) is 85.7 cm³/mol. The molecule has 0 radical (unpaired) electrons. The molecular weight excluding hydrogens is 302 g/mol. The van der Waals surface area contributed by atoms with Crippen molar-refractivity contribution in [2.45, 2.75) is 38.4 Å². The van der Waals surface area contributed by atoms with Crippen LogP contribution in [0.3, 0.4) is 0 Å². The van der Waals surface area contributed by atoms with Crippen LogP contribution in [-0.4, -0.2) is 26.1 Å². The maximum atomic E-state index is 11.7. The van der Waals surface area contributed by atoms with Gasteiger partial charge in [0.25, 0.3) is 0 Å². The van der Waals surface area contributed by atoms with Gasteiger partial charge < -0.3 is 5.32 Å². The first kappa shape index (κ1) is 18.1. The number of nitrogens with zero attached hydrogens (tertiary/aromatic N) is 1. The first-order valence-corrected chi connectivity index (χ1v) is 8.68. The fourth-order valence-corrected chi connectivity index (χ4v) is 2.41. The fraction of sp³-hybridized carbons (Fsp3) is 0.467. The lowest BCUT2D eigenvalue weighted by atomic mass is 10.2. The van der Waals surface area contributed by atoms with Crippen molar-refractivity contribution >= 4 is 21.6 Å². The topological polar surface area (TPSA) is 99.1 Å². The third kappa shape index (κ3) is 6.24. The van der Waals surface area contributed by atoms with Crippen LogP contribution in [0.2, 0.25) is 0 Å². The van der Waals surface area contributed by atoms with Crippen molar-refractivity contribution < 1.29 is 13.2 Å². The Hall–Kier alpha value is -1.91. The third-order valence-corrected chi connectivity index (χ3v) is 4.90. The van der Waals surface area contributed by atoms with Crippen molar-refractivity contribution in [2.75, 3.05) is 11.9 Å². The second-order valence-electron chi connectivity index (χ2n) is 5.18. The summed E-state index contributed by atoms with van der Waals surface area (Å²) in [5.41, 5.74) is 1.18. The second kappa shape index (κ2) is 8.51. The normalized spacial score (nSPS) is 11.2. The summed E-state index contributed by atoms with van der Waals surface area (Å²) in [6.07, 6.45) is 1.53. The van der Waals surface area contributed by atoms with Gasteiger partial charge in [-0.3, -0.25) is 4.79 Å². The fourth-order valence-electron chi connectivity index (χ4n) is 1.64. The van der Waals surface area contributed by atoms with Gasteiger partial charge in [0.15, 0.2) is 0 Å². The van der Waals surface area contributed by atoms with E-state index in [0.29, 0.717) is 37.1 Å². The standard InChI is InChI=1S/C15H21N3O3S/c1-12(2)22(20,21)17-10-4-3-5-15(19)18-14-8-6-13(11-16)7-9-14/h6-9,12,17H,3-5,10H2,1-2H3,(H,18,19). The number of anilines is 1. The molecule has 2 N–H and O–H groups in total. The molecule has 1 amide bonds. The maximum Gasteiger partial charge on any atom is 0.224 e. The number of amides is 1. The van der Waals surface area contributed by atoms with Gasteiger partial charge in [-0.05, 0) is 51.0 Å². The van der Waals surface area contributed by atoms with Crippen LogP contribution >= 0.6 is 0 Å². The first-order valence-electron chi connectivity index (χ1n) is 7.13. The SMILES string of the molecule is CC(C)S(=O)(=O)NCCCCC(=O)Nc1ccc(C#N)cc1. The second-order valence-corrected chi connectivity index (χ2v) is 7.50. The van der Waals surface area contributed by atoms with E-state index in [1.54, 1.807) is 38.1 Å². The summed E-state index contributed by atoms with van der Waals surface area (Å²) in [4.78, 5) is 11.7. The highest BCUT2D eigenvalue weighted by Gasteiger charge is 2.14. The van der Waals surface area contributed by atoms with E-state index in [1.807, 2.05) is 6.07 Å². The van der Waals surface area contributed by atoms with E-state index < -0.39 is 15.3 Å². The summed E-state index contributed by atoms with van der Waals surface area (Å²) in [5, 5.41) is 11.0. The molecule has 0 aromatic heterocycles. The summed E-state index contributed by atoms with van der Waals surface area (Å²) in [7, 11) is -3.23. The van der Waals surface area contributed by atoms with E-state index in [0.717, 1.165) is 0 Å². The van der Waals surface area contributed by atoms with E-state index in [2.05, 4.69) is 10.0 Å². The van der Waals surface area contributed by atoms with Gasteiger partial charge in [-0.25, -0.2) is 13.1 Å². The molecule has 0 saturated heterocycles. The highest BCUT2D eigenvalue weighted by Crippen LogP contribution is 2.09. The number of hydrogen-bond acceptors (Lipinski definition) is 4. The molecule has 0 aliphatic rings. The minimum atomic E-state index is -3.23. The molecule has 1 aromatic carbocycles. The summed E-state index contributed by atoms with van der Waals surface area (Å²) in [6, 6.07) is 8.63. The molecule has 1 rings (SSSR count). The highest BCUT2D eigenvalue weighted by molar-refractivity contribution is 7.90. The van der Waals surface area contributed by atoms with Crippen LogP contribution in [0.4, 0.5) is 5.69 Å². The molecular formula is C15H21N3O3S. The van der Waals surface area contributed by atoms with E-state index in [4.69, 9.17) is 5.26 Å². The average Bonchev–Trinajstić information content (AvgIpc) is 2.47. The summed E-state index contributed by atoms with van der Waals surface area (Å²) in [5.74, 6) is -0.128. The quantitative estimate of drug-likeness (QED) is 0.715. The zero-order chi connectivity index (χ0) is 16.6. The summed E-state index contributed by atoms with van der Waals surface area (Å²) in [6.45, 7) is 3.57. The number of carbonyl (C=O) groups excluding carboxylic acids is 1. The number of rotatable bonds is 8. The Balaban J connectivity index is 2.25. The molecule has 0 spiro atoms. The minimum Gasteiger partial charge on any atom is -0.326 e. The molecule has 7 heteroatoms. The van der Waals surface area contributed by atoms with Gasteiger partial charge >= 0.3 is 0 Å². The molecule has 0 unspecified atom stereocenters. The lowest BCUT2D eigenvalue weighted by molar-refractivity contribution is -0.116. The lowest BCUT2D eigenvalue weighted by Gasteiger charge is -2.09. The summed E-state index contributed by atoms with van der Waals surface area (Å²) < 4.78 is 25.5. The molecule has 0 bridgehead atoms. The zero-order valence-electron chi connectivity index (χ0n) is 12.8. The Bertz CT molecular complexity index is 631. The van der Waals surface area contributed by atoms with Gasteiger partial charge in [0, 0.05) is 18.7 Å². The number of carbonyl (C=O) groups is 1. The number of nitriles is 1. The van der Waals surface area contributed by atoms with Gasteiger partial charge in [-0.15, -0.1) is 0 Å². The molecule has 1 aromatic rings. The van der Waals surface area contributed by atoms with Crippen molar-refractivity contribution in [2.24, 2.45) is 0 Å². The van der Waals surface area contributed by atoms with Crippen LogP contribution in [0.25, 0.3) is 0 Å². The van der Waals surface area contributed by atoms with Gasteiger partial charge in [-0.1, -0.05) is 0 Å². The molecule has 0 fully saturated rings. The molecule has 0 atom stereocenters. The van der Waals surface area contributed by atoms with E-state index >= 15 is 0 Å². The Morgan fingerprint density at radius 3 is 2.41 bits per heavy atom. The van der Waals surface area contributed by atoms with Gasteiger partial charge in [-0.2, -0.15) is 5.26 Å². The Labute approximate surface area is 131 Å². The van der Waals surface area contributed by atoms with Gasteiger partial charge in [0.05, 0.1) is 16.9 Å². The van der Waals surface area contributed by atoms with Crippen LogP contribution in [-0.2, 0) is 14.8 Å². The van der Waals surface area contributed by atoms with Crippen molar-refractivity contribution in [1.82, 2.24) is 4.72 Å². The molecule has 0 saturated carbocycles. The Morgan fingerprint density at radius 1 is 1.23 bits per heavy atom. The number of nitrogens with one attached hydrogen (secondary N) is 2. The Morgan fingerprint density at radius 2 is 1.86 bits per heavy atom. The zero-order valence-corrected chi connectivity index (χ0v) is 13.6. The number of hydrogen-bond donors (Lipinski definition) is 2. The van der Waals surface area contributed by atoms with E-state index in [9.17, 15) is 13.2 Å². The minimum absolute atomic E-state index is 0.128. The van der Waals surface area contributed by atoms with Crippen molar-refractivity contribution in [3.8, 4) is 6.07 Å². The van der Waals surface area contributed by atoms with E-state index in [-0.39, 0.29) is 5.91 Å². The van der Waals surface area contributed by atoms with Gasteiger partial charge in [0.2, 0.25) is 15.9 Å². The predicted octanol–water partition coefficient (Wildman–Crippen LogP) is 1.99. The number of sulfonamides is 1. The molecule has 0 heterocycles. The molecule has 0 aliphatic heterocycles. The average molecular weight is 323 g/mol. The molecule has 120 valence electrons. The maximum absolute atomic E-state index is 11.7. The van der Waals surface area contributed by atoms with Crippen molar-refractivity contribution in [3.63, 3.8) is 0 Å². The van der Waals surface area contributed by atoms with Crippen LogP contribution in [0.5, 0.6) is 0 Å². The van der Waals surface area contributed by atoms with Crippen LogP contribution in [0, 0.1) is 11.3 Å². The van der Waals surface area contributed by atoms with Crippen LogP contribution in [0.15, 0.2) is 24.3 Å². The number of benzene rings is 1. The lowest BCUT2D eigenvalue weighted by Crippen LogP contribution is -2.31. The van der Waals surface area contributed by atoms with E-state index in [1.165, 1.54) is 0 Å². The third-order valence-electron chi connectivity index (χ3n) is 3.05. The number of unbranched alkanes of at least 4 members (excludes halogenated alkanes) is 1. The summed E-state index contributed by atoms with van der Waals surface area (Å²) >= 11 is 0. The highest BCUT2D eigenvalue weighted by atomic mass is 32.2. The first-order chi connectivity index (χ1) is 10.3.